The zero-order valence-corrected chi connectivity index (χ0v) is 15.5. The smallest absolute Gasteiger partial charge is 0.280 e. The first kappa shape index (κ1) is 18.4. The zero-order chi connectivity index (χ0) is 20.1. The van der Waals surface area contributed by atoms with Crippen molar-refractivity contribution in [2.45, 2.75) is 13.3 Å². The molecule has 0 unspecified atom stereocenters. The minimum atomic E-state index is -0.304. The van der Waals surface area contributed by atoms with E-state index in [0.717, 1.165) is 10.2 Å². The summed E-state index contributed by atoms with van der Waals surface area (Å²) in [5, 5.41) is 11.3. The maximum Gasteiger partial charge on any atom is 0.280 e. The number of nitrogens with zero attached hydrogens (tertiary/aromatic N) is 3. The third kappa shape index (κ3) is 4.14. The molecule has 0 spiro atoms. The van der Waals surface area contributed by atoms with Crippen LogP contribution in [-0.2, 0) is 13.3 Å². The molecule has 0 bridgehead atoms. The second kappa shape index (κ2) is 8.35. The standard InChI is InChI=1S/C22H18N4O3/c27-21(23-14-16-8-2-1-3-9-16)18-11-5-7-13-20(18)29-15-26-22(28)17-10-4-6-12-19(17)24-25-26/h1-13H,14-15H2,(H,23,27). The summed E-state index contributed by atoms with van der Waals surface area (Å²) >= 11 is 0. The van der Waals surface area contributed by atoms with Crippen LogP contribution in [-0.4, -0.2) is 20.9 Å². The van der Waals surface area contributed by atoms with Crippen LogP contribution >= 0.6 is 0 Å². The maximum atomic E-state index is 12.6. The highest BCUT2D eigenvalue weighted by molar-refractivity contribution is 5.96. The summed E-state index contributed by atoms with van der Waals surface area (Å²) in [4.78, 5) is 25.1. The van der Waals surface area contributed by atoms with Crippen LogP contribution in [0.15, 0.2) is 83.7 Å². The van der Waals surface area contributed by atoms with Gasteiger partial charge < -0.3 is 10.1 Å². The van der Waals surface area contributed by atoms with E-state index in [1.54, 1.807) is 48.5 Å². The molecule has 3 aromatic carbocycles. The van der Waals surface area contributed by atoms with Gasteiger partial charge in [-0.3, -0.25) is 9.59 Å². The Labute approximate surface area is 166 Å². The molecule has 1 aromatic heterocycles. The molecule has 0 atom stereocenters. The van der Waals surface area contributed by atoms with Crippen molar-refractivity contribution in [2.24, 2.45) is 0 Å². The normalized spacial score (nSPS) is 10.6. The van der Waals surface area contributed by atoms with E-state index in [1.165, 1.54) is 0 Å². The Morgan fingerprint density at radius 3 is 2.52 bits per heavy atom. The predicted molar refractivity (Wildman–Crippen MR) is 108 cm³/mol. The second-order valence-electron chi connectivity index (χ2n) is 6.35. The molecular weight excluding hydrogens is 368 g/mol. The Balaban J connectivity index is 1.49. The third-order valence-corrected chi connectivity index (χ3v) is 4.40. The van der Waals surface area contributed by atoms with E-state index in [0.29, 0.717) is 28.8 Å². The van der Waals surface area contributed by atoms with E-state index in [-0.39, 0.29) is 18.2 Å². The van der Waals surface area contributed by atoms with E-state index in [2.05, 4.69) is 15.6 Å². The molecule has 1 heterocycles. The van der Waals surface area contributed by atoms with Gasteiger partial charge in [-0.15, -0.1) is 5.10 Å². The number of carbonyl (C=O) groups excluding carboxylic acids is 1. The van der Waals surface area contributed by atoms with Crippen LogP contribution < -0.4 is 15.6 Å². The summed E-state index contributed by atoms with van der Waals surface area (Å²) in [6, 6.07) is 23.5. The minimum Gasteiger partial charge on any atom is -0.470 e. The number of amides is 1. The molecule has 0 saturated heterocycles. The number of hydrogen-bond donors (Lipinski definition) is 1. The topological polar surface area (TPSA) is 86.1 Å². The number of rotatable bonds is 6. The number of hydrogen-bond acceptors (Lipinski definition) is 5. The van der Waals surface area contributed by atoms with E-state index < -0.39 is 0 Å². The lowest BCUT2D eigenvalue weighted by atomic mass is 10.1. The van der Waals surface area contributed by atoms with Gasteiger partial charge in [0.2, 0.25) is 0 Å². The molecule has 0 saturated carbocycles. The first-order valence-corrected chi connectivity index (χ1v) is 9.09. The van der Waals surface area contributed by atoms with Gasteiger partial charge in [0.25, 0.3) is 11.5 Å². The number of aromatic nitrogens is 3. The average molecular weight is 386 g/mol. The van der Waals surface area contributed by atoms with Crippen LogP contribution in [0.25, 0.3) is 10.9 Å². The van der Waals surface area contributed by atoms with Crippen molar-refractivity contribution in [3.8, 4) is 5.75 Å². The summed E-state index contributed by atoms with van der Waals surface area (Å²) in [7, 11) is 0. The average Bonchev–Trinajstić information content (AvgIpc) is 2.78. The highest BCUT2D eigenvalue weighted by Crippen LogP contribution is 2.18. The Hall–Kier alpha value is -4.00. The minimum absolute atomic E-state index is 0.153. The SMILES string of the molecule is O=C(NCc1ccccc1)c1ccccc1OCn1nnc2ccccc2c1=O. The largest absolute Gasteiger partial charge is 0.470 e. The van der Waals surface area contributed by atoms with Gasteiger partial charge in [0, 0.05) is 6.54 Å². The molecule has 0 aliphatic carbocycles. The molecule has 0 fully saturated rings. The Morgan fingerprint density at radius 1 is 0.931 bits per heavy atom. The quantitative estimate of drug-likeness (QED) is 0.551. The summed E-state index contributed by atoms with van der Waals surface area (Å²) in [6.07, 6.45) is 0. The van der Waals surface area contributed by atoms with Gasteiger partial charge in [0.1, 0.15) is 11.3 Å². The molecular formula is C22H18N4O3. The Morgan fingerprint density at radius 2 is 1.66 bits per heavy atom. The van der Waals surface area contributed by atoms with Crippen LogP contribution in [0.3, 0.4) is 0 Å². The molecule has 29 heavy (non-hydrogen) atoms. The number of carbonyl (C=O) groups is 1. The van der Waals surface area contributed by atoms with Gasteiger partial charge in [-0.25, -0.2) is 0 Å². The van der Waals surface area contributed by atoms with Crippen molar-refractivity contribution in [3.63, 3.8) is 0 Å². The predicted octanol–water partition coefficient (Wildman–Crippen LogP) is 2.76. The lowest BCUT2D eigenvalue weighted by Gasteiger charge is -2.12. The summed E-state index contributed by atoms with van der Waals surface area (Å²) in [5.41, 5.74) is 1.60. The summed E-state index contributed by atoms with van der Waals surface area (Å²) < 4.78 is 6.85. The van der Waals surface area contributed by atoms with Crippen LogP contribution in [0, 0.1) is 0 Å². The first-order chi connectivity index (χ1) is 14.2. The monoisotopic (exact) mass is 386 g/mol. The lowest BCUT2D eigenvalue weighted by molar-refractivity contribution is 0.0943. The molecule has 1 amide bonds. The molecule has 7 heteroatoms. The molecule has 0 radical (unpaired) electrons. The number of para-hydroxylation sites is 1. The highest BCUT2D eigenvalue weighted by Gasteiger charge is 2.13. The highest BCUT2D eigenvalue weighted by atomic mass is 16.5. The summed E-state index contributed by atoms with van der Waals surface area (Å²) in [5.74, 6) is 0.0984. The number of fused-ring (bicyclic) bond motifs is 1. The van der Waals surface area contributed by atoms with Crippen molar-refractivity contribution in [1.29, 1.82) is 0 Å². The number of nitrogens with one attached hydrogen (secondary N) is 1. The summed E-state index contributed by atoms with van der Waals surface area (Å²) in [6.45, 7) is 0.253. The van der Waals surface area contributed by atoms with Gasteiger partial charge >= 0.3 is 0 Å². The van der Waals surface area contributed by atoms with Gasteiger partial charge in [-0.2, -0.15) is 4.68 Å². The van der Waals surface area contributed by atoms with Crippen LogP contribution in [0.5, 0.6) is 5.75 Å². The van der Waals surface area contributed by atoms with Crippen molar-refractivity contribution >= 4 is 16.8 Å². The molecule has 0 aliphatic rings. The van der Waals surface area contributed by atoms with E-state index >= 15 is 0 Å². The van der Waals surface area contributed by atoms with E-state index in [4.69, 9.17) is 4.74 Å². The van der Waals surface area contributed by atoms with E-state index in [1.807, 2.05) is 30.3 Å². The Bertz CT molecular complexity index is 1210. The van der Waals surface area contributed by atoms with E-state index in [9.17, 15) is 9.59 Å². The molecule has 1 N–H and O–H groups in total. The van der Waals surface area contributed by atoms with Crippen molar-refractivity contribution in [2.75, 3.05) is 0 Å². The first-order valence-electron chi connectivity index (χ1n) is 9.09. The van der Waals surface area contributed by atoms with Crippen molar-refractivity contribution in [3.05, 3.63) is 100 Å². The van der Waals surface area contributed by atoms with Crippen LogP contribution in [0.4, 0.5) is 0 Å². The van der Waals surface area contributed by atoms with Crippen LogP contribution in [0.1, 0.15) is 15.9 Å². The van der Waals surface area contributed by atoms with Gasteiger partial charge in [0.05, 0.1) is 10.9 Å². The van der Waals surface area contributed by atoms with Crippen LogP contribution in [0.2, 0.25) is 0 Å². The van der Waals surface area contributed by atoms with Gasteiger partial charge in [-0.1, -0.05) is 59.8 Å². The fourth-order valence-electron chi connectivity index (χ4n) is 2.89. The maximum absolute atomic E-state index is 12.6. The Kier molecular flexibility index (Phi) is 5.29. The van der Waals surface area contributed by atoms with Gasteiger partial charge in [-0.05, 0) is 29.8 Å². The molecule has 4 rings (SSSR count). The molecule has 144 valence electrons. The number of benzene rings is 3. The zero-order valence-electron chi connectivity index (χ0n) is 15.5. The molecule has 0 aliphatic heterocycles. The van der Waals surface area contributed by atoms with Crippen molar-refractivity contribution < 1.29 is 9.53 Å². The third-order valence-electron chi connectivity index (χ3n) is 4.40. The lowest BCUT2D eigenvalue weighted by Crippen LogP contribution is -2.27. The number of ether oxygens (including phenoxy) is 1. The fourth-order valence-corrected chi connectivity index (χ4v) is 2.89. The molecule has 7 nitrogen and oxygen atoms in total. The molecule has 4 aromatic rings. The van der Waals surface area contributed by atoms with Crippen molar-refractivity contribution in [1.82, 2.24) is 20.3 Å². The second-order valence-corrected chi connectivity index (χ2v) is 6.35. The van der Waals surface area contributed by atoms with Gasteiger partial charge in [0.15, 0.2) is 6.73 Å². The fraction of sp³-hybridized carbons (Fsp3) is 0.0909.